The van der Waals surface area contributed by atoms with Crippen LogP contribution in [-0.2, 0) is 0 Å². The summed E-state index contributed by atoms with van der Waals surface area (Å²) in [7, 11) is 0. The van der Waals surface area contributed by atoms with Crippen LogP contribution >= 0.6 is 0 Å². The maximum atomic E-state index is 5.89. The van der Waals surface area contributed by atoms with Gasteiger partial charge in [-0.25, -0.2) is 0 Å². The van der Waals surface area contributed by atoms with E-state index in [1.807, 2.05) is 0 Å². The quantitative estimate of drug-likeness (QED) is 0.264. The fraction of sp³-hybridized carbons (Fsp3) is 0.900. The zero-order chi connectivity index (χ0) is 17.0. The molecule has 0 radical (unpaired) electrons. The van der Waals surface area contributed by atoms with E-state index in [-0.39, 0.29) is 0 Å². The summed E-state index contributed by atoms with van der Waals surface area (Å²) < 4.78 is 0. The predicted octanol–water partition coefficient (Wildman–Crippen LogP) is 4.42. The molecule has 0 spiro atoms. The average molecular weight is 335 g/mol. The van der Waals surface area contributed by atoms with E-state index in [0.717, 1.165) is 24.8 Å². The zero-order valence-corrected chi connectivity index (χ0v) is 15.5. The highest BCUT2D eigenvalue weighted by atomic mass is 14.9. The van der Waals surface area contributed by atoms with E-state index in [1.165, 1.54) is 89.9 Å². The van der Waals surface area contributed by atoms with Crippen molar-refractivity contribution in [3.63, 3.8) is 0 Å². The maximum Gasteiger partial charge on any atom is 0.0968 e. The van der Waals surface area contributed by atoms with Crippen molar-refractivity contribution in [2.75, 3.05) is 13.1 Å². The van der Waals surface area contributed by atoms with Gasteiger partial charge in [-0.1, -0.05) is 51.4 Å². The van der Waals surface area contributed by atoms with Gasteiger partial charge in [-0.3, -0.25) is 9.98 Å². The van der Waals surface area contributed by atoms with Crippen LogP contribution in [0.5, 0.6) is 0 Å². The summed E-state index contributed by atoms with van der Waals surface area (Å²) in [5.41, 5.74) is 11.8. The number of aliphatic imine (C=N–C) groups is 2. The Balaban J connectivity index is 1.26. The van der Waals surface area contributed by atoms with Crippen molar-refractivity contribution < 1.29 is 0 Å². The molecular formula is C20H38N4. The Morgan fingerprint density at radius 2 is 0.833 bits per heavy atom. The molecule has 4 N–H and O–H groups in total. The minimum atomic E-state index is 0.632. The Labute approximate surface area is 148 Å². The topological polar surface area (TPSA) is 76.8 Å². The summed E-state index contributed by atoms with van der Waals surface area (Å²) >= 11 is 0. The van der Waals surface area contributed by atoms with E-state index in [2.05, 4.69) is 9.98 Å². The van der Waals surface area contributed by atoms with Crippen molar-refractivity contribution in [3.8, 4) is 0 Å². The molecule has 138 valence electrons. The van der Waals surface area contributed by atoms with Crippen molar-refractivity contribution in [3.05, 3.63) is 0 Å². The lowest BCUT2D eigenvalue weighted by Gasteiger charge is -2.02. The largest absolute Gasteiger partial charge is 0.387 e. The van der Waals surface area contributed by atoms with Gasteiger partial charge in [0.2, 0.25) is 0 Å². The first-order valence-electron chi connectivity index (χ1n) is 10.4. The number of unbranched alkanes of at least 4 members (excludes halogenated alkanes) is 9. The molecule has 4 nitrogen and oxygen atoms in total. The molecule has 0 unspecified atom stereocenters. The van der Waals surface area contributed by atoms with E-state index in [0.29, 0.717) is 11.8 Å². The summed E-state index contributed by atoms with van der Waals surface area (Å²) in [5.74, 6) is 3.09. The van der Waals surface area contributed by atoms with Gasteiger partial charge >= 0.3 is 0 Å². The molecule has 0 aromatic heterocycles. The molecule has 2 fully saturated rings. The third kappa shape index (κ3) is 9.29. The molecule has 2 saturated carbocycles. The van der Waals surface area contributed by atoms with Crippen molar-refractivity contribution in [2.24, 2.45) is 33.3 Å². The van der Waals surface area contributed by atoms with Crippen LogP contribution in [0.15, 0.2) is 9.98 Å². The summed E-state index contributed by atoms with van der Waals surface area (Å²) in [5, 5.41) is 0. The first-order valence-corrected chi connectivity index (χ1v) is 10.4. The standard InChI is InChI=1S/C20H38N4/c21-19(17-11-12-17)23-15-9-7-5-3-1-2-4-6-8-10-16-24-20(22)18-13-14-18/h17-18H,1-16H2,(H2,21,23)(H2,22,24). The maximum absolute atomic E-state index is 5.89. The second-order valence-electron chi connectivity index (χ2n) is 7.70. The van der Waals surface area contributed by atoms with Crippen LogP contribution in [-0.4, -0.2) is 24.8 Å². The van der Waals surface area contributed by atoms with Crippen molar-refractivity contribution in [1.29, 1.82) is 0 Å². The van der Waals surface area contributed by atoms with Gasteiger partial charge < -0.3 is 11.5 Å². The molecule has 0 heterocycles. The van der Waals surface area contributed by atoms with Crippen LogP contribution in [0.2, 0.25) is 0 Å². The fourth-order valence-electron chi connectivity index (χ4n) is 3.07. The van der Waals surface area contributed by atoms with E-state index in [4.69, 9.17) is 11.5 Å². The first kappa shape index (κ1) is 19.3. The Bertz CT molecular complexity index is 356. The summed E-state index contributed by atoms with van der Waals surface area (Å²) in [6.07, 6.45) is 18.3. The molecule has 4 heteroatoms. The van der Waals surface area contributed by atoms with Gasteiger partial charge in [0.1, 0.15) is 0 Å². The molecule has 0 bridgehead atoms. The van der Waals surface area contributed by atoms with E-state index in [1.54, 1.807) is 0 Å². The monoisotopic (exact) mass is 334 g/mol. The Hall–Kier alpha value is -1.06. The molecule has 0 aromatic rings. The van der Waals surface area contributed by atoms with Gasteiger partial charge in [0.15, 0.2) is 0 Å². The van der Waals surface area contributed by atoms with Crippen LogP contribution in [0.3, 0.4) is 0 Å². The summed E-state index contributed by atoms with van der Waals surface area (Å²) in [4.78, 5) is 8.94. The number of rotatable bonds is 15. The Morgan fingerprint density at radius 1 is 0.542 bits per heavy atom. The third-order valence-corrected chi connectivity index (χ3v) is 5.15. The Kier molecular flexibility index (Phi) is 9.22. The number of nitrogens with two attached hydrogens (primary N) is 2. The van der Waals surface area contributed by atoms with Crippen molar-refractivity contribution in [2.45, 2.75) is 89.9 Å². The minimum Gasteiger partial charge on any atom is -0.387 e. The van der Waals surface area contributed by atoms with Gasteiger partial charge in [0.05, 0.1) is 11.7 Å². The minimum absolute atomic E-state index is 0.632. The molecule has 2 aliphatic rings. The second-order valence-corrected chi connectivity index (χ2v) is 7.70. The molecule has 2 aliphatic carbocycles. The van der Waals surface area contributed by atoms with E-state index < -0.39 is 0 Å². The first-order chi connectivity index (χ1) is 11.8. The fourth-order valence-corrected chi connectivity index (χ4v) is 3.07. The molecule has 0 saturated heterocycles. The third-order valence-electron chi connectivity index (χ3n) is 5.15. The lowest BCUT2D eigenvalue weighted by atomic mass is 10.1. The van der Waals surface area contributed by atoms with Crippen LogP contribution in [0.25, 0.3) is 0 Å². The lowest BCUT2D eigenvalue weighted by molar-refractivity contribution is 0.554. The zero-order valence-electron chi connectivity index (χ0n) is 15.5. The number of nitrogens with zero attached hydrogens (tertiary/aromatic N) is 2. The van der Waals surface area contributed by atoms with Crippen LogP contribution in [0.1, 0.15) is 89.9 Å². The van der Waals surface area contributed by atoms with Gasteiger partial charge in [-0.05, 0) is 38.5 Å². The van der Waals surface area contributed by atoms with Crippen LogP contribution in [0.4, 0.5) is 0 Å². The molecule has 2 rings (SSSR count). The summed E-state index contributed by atoms with van der Waals surface area (Å²) in [6, 6.07) is 0. The SMILES string of the molecule is NC(=NCCCCCCCCCCCCN=C(N)C1CC1)C1CC1. The van der Waals surface area contributed by atoms with Crippen molar-refractivity contribution >= 4 is 11.7 Å². The highest BCUT2D eigenvalue weighted by Gasteiger charge is 2.25. The van der Waals surface area contributed by atoms with Gasteiger partial charge in [0.25, 0.3) is 0 Å². The molecular weight excluding hydrogens is 296 g/mol. The molecule has 24 heavy (non-hydrogen) atoms. The predicted molar refractivity (Wildman–Crippen MR) is 105 cm³/mol. The van der Waals surface area contributed by atoms with Crippen LogP contribution < -0.4 is 11.5 Å². The normalized spacial score (nSPS) is 19.0. The lowest BCUT2D eigenvalue weighted by Crippen LogP contribution is -2.14. The van der Waals surface area contributed by atoms with Crippen molar-refractivity contribution in [1.82, 2.24) is 0 Å². The molecule has 0 atom stereocenters. The number of hydrogen-bond acceptors (Lipinski definition) is 2. The molecule has 0 aromatic carbocycles. The van der Waals surface area contributed by atoms with E-state index >= 15 is 0 Å². The van der Waals surface area contributed by atoms with E-state index in [9.17, 15) is 0 Å². The molecule has 0 aliphatic heterocycles. The second kappa shape index (κ2) is 11.5. The highest BCUT2D eigenvalue weighted by molar-refractivity contribution is 5.85. The highest BCUT2D eigenvalue weighted by Crippen LogP contribution is 2.29. The summed E-state index contributed by atoms with van der Waals surface area (Å²) in [6.45, 7) is 1.88. The smallest absolute Gasteiger partial charge is 0.0968 e. The number of amidine groups is 2. The average Bonchev–Trinajstić information content (AvgIpc) is 3.46. The van der Waals surface area contributed by atoms with Gasteiger partial charge in [-0.15, -0.1) is 0 Å². The Morgan fingerprint density at radius 3 is 1.12 bits per heavy atom. The molecule has 0 amide bonds. The van der Waals surface area contributed by atoms with Crippen LogP contribution in [0, 0.1) is 11.8 Å². The van der Waals surface area contributed by atoms with Gasteiger partial charge in [0, 0.05) is 24.9 Å². The van der Waals surface area contributed by atoms with Gasteiger partial charge in [-0.2, -0.15) is 0 Å². The number of hydrogen-bond donors (Lipinski definition) is 2.